The summed E-state index contributed by atoms with van der Waals surface area (Å²) in [6, 6.07) is 16.0. The highest BCUT2D eigenvalue weighted by atomic mass is 32.2. The van der Waals surface area contributed by atoms with Gasteiger partial charge in [-0.15, -0.1) is 0 Å². The first-order valence-electron chi connectivity index (χ1n) is 11.1. The fraction of sp³-hybridized carbons (Fsp3) is 0.280. The first-order valence-corrected chi connectivity index (χ1v) is 12.6. The zero-order valence-electron chi connectivity index (χ0n) is 18.6. The number of nitrogens with zero attached hydrogens (tertiary/aromatic N) is 2. The van der Waals surface area contributed by atoms with Gasteiger partial charge in [0.25, 0.3) is 0 Å². The average Bonchev–Trinajstić information content (AvgIpc) is 3.39. The number of sulfonamides is 1. The van der Waals surface area contributed by atoms with Crippen LogP contribution in [0.25, 0.3) is 0 Å². The maximum atomic E-state index is 13.4. The van der Waals surface area contributed by atoms with Crippen LogP contribution in [0.15, 0.2) is 71.8 Å². The lowest BCUT2D eigenvalue weighted by atomic mass is 10.1. The molecule has 34 heavy (non-hydrogen) atoms. The molecule has 178 valence electrons. The fourth-order valence-corrected chi connectivity index (χ4v) is 5.26. The number of carbonyl (C=O) groups is 1. The molecule has 1 fully saturated rings. The standard InChI is InChI=1S/C25H26FN3O4S/c26-21-6-3-7-22(17-21)33-25-20(5-4-14-27-25)18-28-24(30)13-10-19-8-11-23(12-9-19)34(31,32)29-15-1-2-16-29/h3-9,11-12,14,17H,1-2,10,13,15-16,18H2,(H,28,30). The first kappa shape index (κ1) is 23.8. The van der Waals surface area contributed by atoms with E-state index in [2.05, 4.69) is 10.3 Å². The van der Waals surface area contributed by atoms with E-state index in [-0.39, 0.29) is 23.8 Å². The number of hydrogen-bond acceptors (Lipinski definition) is 5. The minimum Gasteiger partial charge on any atom is -0.439 e. The quantitative estimate of drug-likeness (QED) is 0.496. The second-order valence-corrected chi connectivity index (χ2v) is 10.00. The van der Waals surface area contributed by atoms with E-state index in [1.165, 1.54) is 16.4 Å². The molecule has 1 aliphatic rings. The molecule has 1 N–H and O–H groups in total. The highest BCUT2D eigenvalue weighted by Crippen LogP contribution is 2.24. The molecule has 1 aliphatic heterocycles. The Balaban J connectivity index is 1.29. The Morgan fingerprint density at radius 1 is 1.06 bits per heavy atom. The normalized spacial score (nSPS) is 14.1. The van der Waals surface area contributed by atoms with Crippen LogP contribution in [-0.4, -0.2) is 36.7 Å². The Morgan fingerprint density at radius 2 is 1.82 bits per heavy atom. The Labute approximate surface area is 198 Å². The topological polar surface area (TPSA) is 88.6 Å². The highest BCUT2D eigenvalue weighted by molar-refractivity contribution is 7.89. The van der Waals surface area contributed by atoms with Gasteiger partial charge < -0.3 is 10.1 Å². The number of amides is 1. The second-order valence-electron chi connectivity index (χ2n) is 8.06. The van der Waals surface area contributed by atoms with Crippen molar-refractivity contribution in [3.63, 3.8) is 0 Å². The van der Waals surface area contributed by atoms with E-state index in [4.69, 9.17) is 4.74 Å². The average molecular weight is 484 g/mol. The molecule has 3 aromatic rings. The van der Waals surface area contributed by atoms with E-state index in [0.717, 1.165) is 18.4 Å². The number of halogens is 1. The molecule has 0 bridgehead atoms. The molecule has 2 heterocycles. The molecule has 1 saturated heterocycles. The van der Waals surface area contributed by atoms with Gasteiger partial charge in [-0.3, -0.25) is 4.79 Å². The molecule has 0 unspecified atom stereocenters. The van der Waals surface area contributed by atoms with E-state index in [0.29, 0.717) is 36.7 Å². The number of carbonyl (C=O) groups excluding carboxylic acids is 1. The molecule has 0 radical (unpaired) electrons. The third-order valence-electron chi connectivity index (χ3n) is 5.60. The van der Waals surface area contributed by atoms with Crippen LogP contribution in [0.4, 0.5) is 4.39 Å². The number of aryl methyl sites for hydroxylation is 1. The van der Waals surface area contributed by atoms with E-state index < -0.39 is 15.8 Å². The Hall–Kier alpha value is -3.30. The van der Waals surface area contributed by atoms with Gasteiger partial charge in [0.1, 0.15) is 11.6 Å². The molecule has 1 amide bonds. The van der Waals surface area contributed by atoms with Gasteiger partial charge in [0.2, 0.25) is 21.8 Å². The molecule has 7 nitrogen and oxygen atoms in total. The van der Waals surface area contributed by atoms with Crippen molar-refractivity contribution in [3.8, 4) is 11.6 Å². The largest absolute Gasteiger partial charge is 0.439 e. The van der Waals surface area contributed by atoms with Gasteiger partial charge >= 0.3 is 0 Å². The summed E-state index contributed by atoms with van der Waals surface area (Å²) >= 11 is 0. The van der Waals surface area contributed by atoms with E-state index in [1.807, 2.05) is 0 Å². The molecule has 0 saturated carbocycles. The number of nitrogens with one attached hydrogen (secondary N) is 1. The summed E-state index contributed by atoms with van der Waals surface area (Å²) in [5, 5.41) is 2.84. The van der Waals surface area contributed by atoms with Gasteiger partial charge in [-0.1, -0.05) is 24.3 Å². The van der Waals surface area contributed by atoms with Crippen LogP contribution in [0.1, 0.15) is 30.4 Å². The van der Waals surface area contributed by atoms with Gasteiger partial charge in [-0.25, -0.2) is 17.8 Å². The monoisotopic (exact) mass is 483 g/mol. The third-order valence-corrected chi connectivity index (χ3v) is 7.52. The van der Waals surface area contributed by atoms with Crippen LogP contribution in [-0.2, 0) is 27.8 Å². The van der Waals surface area contributed by atoms with Crippen molar-refractivity contribution >= 4 is 15.9 Å². The lowest BCUT2D eigenvalue weighted by Crippen LogP contribution is -2.27. The third kappa shape index (κ3) is 5.98. The van der Waals surface area contributed by atoms with Crippen molar-refractivity contribution in [1.82, 2.24) is 14.6 Å². The molecule has 2 aromatic carbocycles. The zero-order chi connectivity index (χ0) is 24.0. The molecular weight excluding hydrogens is 457 g/mol. The van der Waals surface area contributed by atoms with Crippen molar-refractivity contribution in [1.29, 1.82) is 0 Å². The summed E-state index contributed by atoms with van der Waals surface area (Å²) in [5.41, 5.74) is 1.55. The summed E-state index contributed by atoms with van der Waals surface area (Å²) in [5.74, 6) is 0.0453. The molecular formula is C25H26FN3O4S. The lowest BCUT2D eigenvalue weighted by Gasteiger charge is -2.15. The SMILES string of the molecule is O=C(CCc1ccc(S(=O)(=O)N2CCCC2)cc1)NCc1cccnc1Oc1cccc(F)c1. The summed E-state index contributed by atoms with van der Waals surface area (Å²) in [4.78, 5) is 16.8. The van der Waals surface area contributed by atoms with Crippen molar-refractivity contribution in [2.75, 3.05) is 13.1 Å². The van der Waals surface area contributed by atoms with Crippen LogP contribution >= 0.6 is 0 Å². The van der Waals surface area contributed by atoms with Crippen molar-refractivity contribution in [2.24, 2.45) is 0 Å². The molecule has 9 heteroatoms. The van der Waals surface area contributed by atoms with Crippen LogP contribution < -0.4 is 10.1 Å². The van der Waals surface area contributed by atoms with Crippen LogP contribution in [0.2, 0.25) is 0 Å². The Bertz CT molecular complexity index is 1240. The zero-order valence-corrected chi connectivity index (χ0v) is 19.4. The number of pyridine rings is 1. The Morgan fingerprint density at radius 3 is 2.56 bits per heavy atom. The number of aromatic nitrogens is 1. The summed E-state index contributed by atoms with van der Waals surface area (Å²) in [7, 11) is -3.44. The number of benzene rings is 2. The lowest BCUT2D eigenvalue weighted by molar-refractivity contribution is -0.121. The molecule has 0 spiro atoms. The predicted molar refractivity (Wildman–Crippen MR) is 125 cm³/mol. The summed E-state index contributed by atoms with van der Waals surface area (Å²) in [6.07, 6.45) is 4.08. The second kappa shape index (κ2) is 10.8. The summed E-state index contributed by atoms with van der Waals surface area (Å²) in [6.45, 7) is 1.34. The van der Waals surface area contributed by atoms with Crippen LogP contribution in [0, 0.1) is 5.82 Å². The molecule has 0 aliphatic carbocycles. The van der Waals surface area contributed by atoms with E-state index in [1.54, 1.807) is 54.7 Å². The number of hydrogen-bond donors (Lipinski definition) is 1. The van der Waals surface area contributed by atoms with E-state index >= 15 is 0 Å². The van der Waals surface area contributed by atoms with Gasteiger partial charge in [0.15, 0.2) is 0 Å². The molecule has 0 atom stereocenters. The molecule has 4 rings (SSSR count). The fourth-order valence-electron chi connectivity index (χ4n) is 3.74. The predicted octanol–water partition coefficient (Wildman–Crippen LogP) is 4.05. The van der Waals surface area contributed by atoms with Gasteiger partial charge in [-0.2, -0.15) is 4.31 Å². The van der Waals surface area contributed by atoms with Crippen LogP contribution in [0.3, 0.4) is 0 Å². The molecule has 1 aromatic heterocycles. The number of rotatable bonds is 9. The van der Waals surface area contributed by atoms with Gasteiger partial charge in [0.05, 0.1) is 4.90 Å². The van der Waals surface area contributed by atoms with E-state index in [9.17, 15) is 17.6 Å². The smallest absolute Gasteiger partial charge is 0.243 e. The number of ether oxygens (including phenoxy) is 1. The maximum Gasteiger partial charge on any atom is 0.243 e. The van der Waals surface area contributed by atoms with Crippen molar-refractivity contribution < 1.29 is 22.3 Å². The summed E-state index contributed by atoms with van der Waals surface area (Å²) < 4.78 is 45.8. The minimum atomic E-state index is -3.44. The Kier molecular flexibility index (Phi) is 7.54. The van der Waals surface area contributed by atoms with Gasteiger partial charge in [0, 0.05) is 43.9 Å². The van der Waals surface area contributed by atoms with Crippen LogP contribution in [0.5, 0.6) is 11.6 Å². The highest BCUT2D eigenvalue weighted by Gasteiger charge is 2.26. The maximum absolute atomic E-state index is 13.4. The van der Waals surface area contributed by atoms with Crippen molar-refractivity contribution in [3.05, 3.63) is 83.8 Å². The van der Waals surface area contributed by atoms with Gasteiger partial charge in [-0.05, 0) is 55.2 Å². The minimum absolute atomic E-state index is 0.158. The van der Waals surface area contributed by atoms with Crippen molar-refractivity contribution in [2.45, 2.75) is 37.1 Å². The first-order chi connectivity index (χ1) is 16.4.